The second kappa shape index (κ2) is 8.98. The van der Waals surface area contributed by atoms with Crippen LogP contribution in [0.2, 0.25) is 0 Å². The SMILES string of the molecule is CCCCOc1ccc(CNc2cccc(OCC)c2)cc1. The fourth-order valence-electron chi connectivity index (χ4n) is 2.10. The molecule has 2 aromatic rings. The van der Waals surface area contributed by atoms with Crippen molar-refractivity contribution >= 4 is 5.69 Å². The minimum absolute atomic E-state index is 0.683. The summed E-state index contributed by atoms with van der Waals surface area (Å²) >= 11 is 0. The van der Waals surface area contributed by atoms with E-state index >= 15 is 0 Å². The lowest BCUT2D eigenvalue weighted by Crippen LogP contribution is -2.01. The fourth-order valence-corrected chi connectivity index (χ4v) is 2.10. The first-order chi connectivity index (χ1) is 10.8. The molecule has 0 radical (unpaired) electrons. The average molecular weight is 299 g/mol. The largest absolute Gasteiger partial charge is 0.494 e. The van der Waals surface area contributed by atoms with Crippen molar-refractivity contribution in [1.82, 2.24) is 0 Å². The Labute approximate surface area is 133 Å². The van der Waals surface area contributed by atoms with Gasteiger partial charge in [0.15, 0.2) is 0 Å². The van der Waals surface area contributed by atoms with Gasteiger partial charge in [-0.05, 0) is 43.2 Å². The molecule has 0 aliphatic heterocycles. The summed E-state index contributed by atoms with van der Waals surface area (Å²) in [5, 5.41) is 3.41. The third-order valence-corrected chi connectivity index (χ3v) is 3.33. The number of nitrogens with one attached hydrogen (secondary N) is 1. The number of benzene rings is 2. The van der Waals surface area contributed by atoms with E-state index in [1.54, 1.807) is 0 Å². The van der Waals surface area contributed by atoms with Gasteiger partial charge >= 0.3 is 0 Å². The number of hydrogen-bond acceptors (Lipinski definition) is 3. The lowest BCUT2D eigenvalue weighted by molar-refractivity contribution is 0.309. The summed E-state index contributed by atoms with van der Waals surface area (Å²) < 4.78 is 11.2. The van der Waals surface area contributed by atoms with Crippen molar-refractivity contribution in [2.75, 3.05) is 18.5 Å². The van der Waals surface area contributed by atoms with Gasteiger partial charge in [-0.3, -0.25) is 0 Å². The molecule has 0 aromatic heterocycles. The van der Waals surface area contributed by atoms with E-state index in [1.807, 2.05) is 43.3 Å². The first-order valence-corrected chi connectivity index (χ1v) is 8.00. The second-order valence-electron chi connectivity index (χ2n) is 5.16. The molecule has 0 amide bonds. The summed E-state index contributed by atoms with van der Waals surface area (Å²) in [4.78, 5) is 0. The van der Waals surface area contributed by atoms with Crippen molar-refractivity contribution in [3.05, 3.63) is 54.1 Å². The maximum atomic E-state index is 5.67. The maximum Gasteiger partial charge on any atom is 0.121 e. The summed E-state index contributed by atoms with van der Waals surface area (Å²) in [7, 11) is 0. The van der Waals surface area contributed by atoms with Gasteiger partial charge in [0.05, 0.1) is 13.2 Å². The number of hydrogen-bond donors (Lipinski definition) is 1. The lowest BCUT2D eigenvalue weighted by Gasteiger charge is -2.10. The van der Waals surface area contributed by atoms with Crippen LogP contribution in [0.25, 0.3) is 0 Å². The fraction of sp³-hybridized carbons (Fsp3) is 0.368. The highest BCUT2D eigenvalue weighted by molar-refractivity contribution is 5.48. The molecule has 2 aromatic carbocycles. The van der Waals surface area contributed by atoms with E-state index in [-0.39, 0.29) is 0 Å². The molecule has 1 N–H and O–H groups in total. The Morgan fingerprint density at radius 3 is 2.45 bits per heavy atom. The van der Waals surface area contributed by atoms with Gasteiger partial charge in [-0.15, -0.1) is 0 Å². The highest BCUT2D eigenvalue weighted by atomic mass is 16.5. The second-order valence-corrected chi connectivity index (χ2v) is 5.16. The van der Waals surface area contributed by atoms with Gasteiger partial charge in [0, 0.05) is 18.3 Å². The van der Waals surface area contributed by atoms with Crippen LogP contribution in [-0.2, 0) is 6.54 Å². The first kappa shape index (κ1) is 16.2. The number of rotatable bonds is 9. The molecule has 0 saturated heterocycles. The maximum absolute atomic E-state index is 5.67. The lowest BCUT2D eigenvalue weighted by atomic mass is 10.2. The summed E-state index contributed by atoms with van der Waals surface area (Å²) in [5.74, 6) is 1.84. The van der Waals surface area contributed by atoms with E-state index in [9.17, 15) is 0 Å². The molecule has 2 rings (SSSR count). The van der Waals surface area contributed by atoms with Crippen LogP contribution in [0.15, 0.2) is 48.5 Å². The normalized spacial score (nSPS) is 10.3. The number of anilines is 1. The highest BCUT2D eigenvalue weighted by Crippen LogP contribution is 2.19. The van der Waals surface area contributed by atoms with Gasteiger partial charge in [-0.2, -0.15) is 0 Å². The molecule has 0 aliphatic rings. The van der Waals surface area contributed by atoms with Crippen LogP contribution in [0.5, 0.6) is 11.5 Å². The molecule has 0 bridgehead atoms. The predicted octanol–water partition coefficient (Wildman–Crippen LogP) is 4.88. The number of unbranched alkanes of at least 4 members (excludes halogenated alkanes) is 1. The van der Waals surface area contributed by atoms with E-state index in [0.29, 0.717) is 6.61 Å². The van der Waals surface area contributed by atoms with Crippen LogP contribution in [0.3, 0.4) is 0 Å². The molecule has 3 nitrogen and oxygen atoms in total. The van der Waals surface area contributed by atoms with Gasteiger partial charge < -0.3 is 14.8 Å². The molecule has 22 heavy (non-hydrogen) atoms. The van der Waals surface area contributed by atoms with Crippen LogP contribution in [-0.4, -0.2) is 13.2 Å². The topological polar surface area (TPSA) is 30.5 Å². The third kappa shape index (κ3) is 5.32. The third-order valence-electron chi connectivity index (χ3n) is 3.33. The molecular weight excluding hydrogens is 274 g/mol. The van der Waals surface area contributed by atoms with Gasteiger partial charge in [-0.1, -0.05) is 31.5 Å². The molecule has 0 heterocycles. The zero-order valence-electron chi connectivity index (χ0n) is 13.5. The minimum Gasteiger partial charge on any atom is -0.494 e. The van der Waals surface area contributed by atoms with Crippen LogP contribution < -0.4 is 14.8 Å². The highest BCUT2D eigenvalue weighted by Gasteiger charge is 1.98. The predicted molar refractivity (Wildman–Crippen MR) is 91.8 cm³/mol. The Kier molecular flexibility index (Phi) is 6.62. The molecule has 0 spiro atoms. The Hall–Kier alpha value is -2.16. The van der Waals surface area contributed by atoms with E-state index < -0.39 is 0 Å². The van der Waals surface area contributed by atoms with Crippen molar-refractivity contribution in [3.8, 4) is 11.5 Å². The Balaban J connectivity index is 1.84. The summed E-state index contributed by atoms with van der Waals surface area (Å²) in [5.41, 5.74) is 2.29. The first-order valence-electron chi connectivity index (χ1n) is 8.00. The van der Waals surface area contributed by atoms with Gasteiger partial charge in [0.25, 0.3) is 0 Å². The Morgan fingerprint density at radius 2 is 1.73 bits per heavy atom. The molecule has 0 saturated carbocycles. The van der Waals surface area contributed by atoms with E-state index in [4.69, 9.17) is 9.47 Å². The van der Waals surface area contributed by atoms with Crippen LogP contribution in [0, 0.1) is 0 Å². The summed E-state index contributed by atoms with van der Waals surface area (Å²) in [6, 6.07) is 16.3. The molecule has 0 aliphatic carbocycles. The quantitative estimate of drug-likeness (QED) is 0.670. The van der Waals surface area contributed by atoms with Crippen molar-refractivity contribution in [1.29, 1.82) is 0 Å². The molecule has 0 unspecified atom stereocenters. The van der Waals surface area contributed by atoms with Crippen LogP contribution in [0.4, 0.5) is 5.69 Å². The van der Waals surface area contributed by atoms with E-state index in [1.165, 1.54) is 5.56 Å². The van der Waals surface area contributed by atoms with Crippen molar-refractivity contribution < 1.29 is 9.47 Å². The standard InChI is InChI=1S/C19H25NO2/c1-3-5-13-22-18-11-9-16(10-12-18)15-20-17-7-6-8-19(14-17)21-4-2/h6-12,14,20H,3-5,13,15H2,1-2H3. The molecule has 118 valence electrons. The van der Waals surface area contributed by atoms with Gasteiger partial charge in [-0.25, -0.2) is 0 Å². The van der Waals surface area contributed by atoms with Crippen molar-refractivity contribution in [3.63, 3.8) is 0 Å². The summed E-state index contributed by atoms with van der Waals surface area (Å²) in [6.45, 7) is 6.41. The Morgan fingerprint density at radius 1 is 0.909 bits per heavy atom. The van der Waals surface area contributed by atoms with E-state index in [0.717, 1.165) is 43.2 Å². The smallest absolute Gasteiger partial charge is 0.121 e. The zero-order chi connectivity index (χ0) is 15.6. The number of ether oxygens (including phenoxy) is 2. The van der Waals surface area contributed by atoms with Gasteiger partial charge in [0.2, 0.25) is 0 Å². The Bertz CT molecular complexity index is 552. The van der Waals surface area contributed by atoms with Crippen LogP contribution in [0.1, 0.15) is 32.3 Å². The molecule has 0 fully saturated rings. The van der Waals surface area contributed by atoms with E-state index in [2.05, 4.69) is 24.4 Å². The molecule has 3 heteroatoms. The van der Waals surface area contributed by atoms with Gasteiger partial charge in [0.1, 0.15) is 11.5 Å². The van der Waals surface area contributed by atoms with Crippen molar-refractivity contribution in [2.45, 2.75) is 33.2 Å². The van der Waals surface area contributed by atoms with Crippen LogP contribution >= 0.6 is 0 Å². The molecule has 0 atom stereocenters. The zero-order valence-corrected chi connectivity index (χ0v) is 13.5. The average Bonchev–Trinajstić information content (AvgIpc) is 2.55. The minimum atomic E-state index is 0.683. The summed E-state index contributed by atoms with van der Waals surface area (Å²) in [6.07, 6.45) is 2.25. The van der Waals surface area contributed by atoms with Crippen molar-refractivity contribution in [2.24, 2.45) is 0 Å². The molecular formula is C19H25NO2. The monoisotopic (exact) mass is 299 g/mol.